The van der Waals surface area contributed by atoms with E-state index in [9.17, 15) is 14.0 Å². The Morgan fingerprint density at radius 1 is 1.17 bits per heavy atom. The predicted octanol–water partition coefficient (Wildman–Crippen LogP) is 2.72. The number of hydrazone groups is 1. The molecule has 0 aromatic heterocycles. The van der Waals surface area contributed by atoms with E-state index >= 15 is 0 Å². The van der Waals surface area contributed by atoms with Gasteiger partial charge in [-0.05, 0) is 42.8 Å². The predicted molar refractivity (Wildman–Crippen MR) is 85.7 cm³/mol. The molecule has 1 aliphatic rings. The molecule has 116 valence electrons. The Morgan fingerprint density at radius 2 is 1.87 bits per heavy atom. The van der Waals surface area contributed by atoms with E-state index in [1.165, 1.54) is 30.5 Å². The van der Waals surface area contributed by atoms with E-state index in [1.807, 2.05) is 19.1 Å². The Hall–Kier alpha value is -3.02. The smallest absolute Gasteiger partial charge is 0.265 e. The molecule has 0 bridgehead atoms. The van der Waals surface area contributed by atoms with Crippen LogP contribution in [0.15, 0.2) is 53.6 Å². The molecule has 0 radical (unpaired) electrons. The van der Waals surface area contributed by atoms with Crippen LogP contribution in [0.2, 0.25) is 0 Å². The van der Waals surface area contributed by atoms with Crippen LogP contribution in [0.25, 0.3) is 0 Å². The van der Waals surface area contributed by atoms with Gasteiger partial charge in [0.05, 0.1) is 5.69 Å². The van der Waals surface area contributed by atoms with Crippen molar-refractivity contribution >= 4 is 29.4 Å². The van der Waals surface area contributed by atoms with Crippen molar-refractivity contribution in [2.75, 3.05) is 10.3 Å². The average Bonchev–Trinajstić information content (AvgIpc) is 2.92. The molecular formula is C17H14FN3O2. The second-order valence-corrected chi connectivity index (χ2v) is 5.17. The van der Waals surface area contributed by atoms with Crippen molar-refractivity contribution in [3.63, 3.8) is 0 Å². The first-order valence-corrected chi connectivity index (χ1v) is 7.06. The summed E-state index contributed by atoms with van der Waals surface area (Å²) in [6.07, 6.45) is 1.29. The highest BCUT2D eigenvalue weighted by Crippen LogP contribution is 2.22. The van der Waals surface area contributed by atoms with Crippen LogP contribution in [0.3, 0.4) is 0 Å². The number of hydrogen-bond acceptors (Lipinski definition) is 3. The van der Waals surface area contributed by atoms with E-state index in [4.69, 9.17) is 0 Å². The minimum Gasteiger partial charge on any atom is -0.325 e. The molecule has 2 aromatic carbocycles. The van der Waals surface area contributed by atoms with Gasteiger partial charge < -0.3 is 5.32 Å². The first-order chi connectivity index (χ1) is 11.1. The molecule has 0 fully saturated rings. The van der Waals surface area contributed by atoms with Crippen molar-refractivity contribution in [3.8, 4) is 0 Å². The highest BCUT2D eigenvalue weighted by atomic mass is 19.1. The maximum atomic E-state index is 12.9. The summed E-state index contributed by atoms with van der Waals surface area (Å²) in [5.41, 5.74) is 1.97. The summed E-state index contributed by atoms with van der Waals surface area (Å²) in [4.78, 5) is 24.7. The molecule has 0 unspecified atom stereocenters. The highest BCUT2D eigenvalue weighted by molar-refractivity contribution is 6.23. The Bertz CT molecular complexity index is 787. The summed E-state index contributed by atoms with van der Waals surface area (Å²) in [5.74, 6) is -2.32. The minimum absolute atomic E-state index is 0.404. The Labute approximate surface area is 132 Å². The van der Waals surface area contributed by atoms with Crippen molar-refractivity contribution in [3.05, 3.63) is 59.9 Å². The minimum atomic E-state index is -1.00. The fraction of sp³-hybridized carbons (Fsp3) is 0.118. The topological polar surface area (TPSA) is 61.8 Å². The number of rotatable bonds is 3. The van der Waals surface area contributed by atoms with Gasteiger partial charge in [-0.2, -0.15) is 5.10 Å². The number of benzene rings is 2. The lowest BCUT2D eigenvalue weighted by Gasteiger charge is -2.14. The van der Waals surface area contributed by atoms with E-state index in [2.05, 4.69) is 10.4 Å². The first kappa shape index (κ1) is 14.9. The van der Waals surface area contributed by atoms with Crippen LogP contribution in [0.4, 0.5) is 15.8 Å². The molecule has 1 heterocycles. The summed E-state index contributed by atoms with van der Waals surface area (Å²) in [6.45, 7) is 1.87. The van der Waals surface area contributed by atoms with Crippen LogP contribution in [-0.4, -0.2) is 18.0 Å². The monoisotopic (exact) mass is 311 g/mol. The molecule has 1 atom stereocenters. The van der Waals surface area contributed by atoms with Gasteiger partial charge >= 0.3 is 0 Å². The molecule has 6 heteroatoms. The van der Waals surface area contributed by atoms with Gasteiger partial charge in [-0.1, -0.05) is 18.2 Å². The van der Waals surface area contributed by atoms with E-state index < -0.39 is 23.5 Å². The summed E-state index contributed by atoms with van der Waals surface area (Å²) in [5, 5.41) is 7.78. The molecule has 2 aromatic rings. The van der Waals surface area contributed by atoms with Crippen LogP contribution in [0, 0.1) is 18.7 Å². The van der Waals surface area contributed by atoms with Crippen LogP contribution in [0.5, 0.6) is 0 Å². The van der Waals surface area contributed by atoms with Crippen molar-refractivity contribution in [2.45, 2.75) is 6.92 Å². The fourth-order valence-electron chi connectivity index (χ4n) is 2.27. The number of halogens is 1. The Kier molecular flexibility index (Phi) is 3.89. The van der Waals surface area contributed by atoms with E-state index in [0.29, 0.717) is 11.4 Å². The largest absolute Gasteiger partial charge is 0.325 e. The molecule has 2 amide bonds. The maximum Gasteiger partial charge on any atom is 0.265 e. The molecule has 0 aliphatic carbocycles. The van der Waals surface area contributed by atoms with Crippen molar-refractivity contribution in [1.29, 1.82) is 0 Å². The van der Waals surface area contributed by atoms with Gasteiger partial charge in [0.2, 0.25) is 5.91 Å². The first-order valence-electron chi connectivity index (χ1n) is 7.06. The van der Waals surface area contributed by atoms with Crippen LogP contribution in [0.1, 0.15) is 5.56 Å². The zero-order valence-corrected chi connectivity index (χ0v) is 12.4. The summed E-state index contributed by atoms with van der Waals surface area (Å²) in [6, 6.07) is 12.6. The third-order valence-electron chi connectivity index (χ3n) is 3.56. The van der Waals surface area contributed by atoms with Crippen molar-refractivity contribution in [2.24, 2.45) is 11.0 Å². The molecule has 0 spiro atoms. The van der Waals surface area contributed by atoms with Crippen molar-refractivity contribution < 1.29 is 14.0 Å². The summed E-state index contributed by atoms with van der Waals surface area (Å²) in [7, 11) is 0. The average molecular weight is 311 g/mol. The van der Waals surface area contributed by atoms with Crippen LogP contribution < -0.4 is 10.3 Å². The molecule has 1 aliphatic heterocycles. The highest BCUT2D eigenvalue weighted by Gasteiger charge is 2.35. The SMILES string of the molecule is Cc1ccccc1NC(=O)[C@@H]1C=NN(c2ccc(F)cc2)C1=O. The lowest BCUT2D eigenvalue weighted by Crippen LogP contribution is -2.34. The van der Waals surface area contributed by atoms with Gasteiger partial charge in [0, 0.05) is 11.9 Å². The zero-order chi connectivity index (χ0) is 16.4. The number of nitrogens with zero attached hydrogens (tertiary/aromatic N) is 2. The van der Waals surface area contributed by atoms with Gasteiger partial charge in [-0.25, -0.2) is 9.40 Å². The number of anilines is 2. The van der Waals surface area contributed by atoms with E-state index in [1.54, 1.807) is 12.1 Å². The molecule has 5 nitrogen and oxygen atoms in total. The standard InChI is InChI=1S/C17H14FN3O2/c1-11-4-2-3-5-15(11)20-16(22)14-10-19-21(17(14)23)13-8-6-12(18)7-9-13/h2-10,14H,1H3,(H,20,22)/t14-/m0/s1. The zero-order valence-electron chi connectivity index (χ0n) is 12.4. The number of carbonyl (C=O) groups is 2. The molecular weight excluding hydrogens is 297 g/mol. The second kappa shape index (κ2) is 6.00. The lowest BCUT2D eigenvalue weighted by molar-refractivity contribution is -0.127. The van der Waals surface area contributed by atoms with Crippen molar-refractivity contribution in [1.82, 2.24) is 0 Å². The fourth-order valence-corrected chi connectivity index (χ4v) is 2.27. The van der Waals surface area contributed by atoms with E-state index in [-0.39, 0.29) is 0 Å². The summed E-state index contributed by atoms with van der Waals surface area (Å²) < 4.78 is 12.9. The number of para-hydroxylation sites is 1. The van der Waals surface area contributed by atoms with Gasteiger partial charge in [0.25, 0.3) is 5.91 Å². The number of amides is 2. The maximum absolute atomic E-state index is 12.9. The van der Waals surface area contributed by atoms with Gasteiger partial charge in [0.1, 0.15) is 5.82 Å². The third kappa shape index (κ3) is 2.96. The molecule has 23 heavy (non-hydrogen) atoms. The lowest BCUT2D eigenvalue weighted by atomic mass is 10.1. The molecule has 0 saturated heterocycles. The van der Waals surface area contributed by atoms with Crippen LogP contribution >= 0.6 is 0 Å². The number of nitrogens with one attached hydrogen (secondary N) is 1. The van der Waals surface area contributed by atoms with E-state index in [0.717, 1.165) is 10.6 Å². The Balaban J connectivity index is 1.74. The molecule has 3 rings (SSSR count). The second-order valence-electron chi connectivity index (χ2n) is 5.17. The number of aryl methyl sites for hydroxylation is 1. The quantitative estimate of drug-likeness (QED) is 0.886. The summed E-state index contributed by atoms with van der Waals surface area (Å²) >= 11 is 0. The van der Waals surface area contributed by atoms with Crippen LogP contribution in [-0.2, 0) is 9.59 Å². The molecule has 1 N–H and O–H groups in total. The number of hydrogen-bond donors (Lipinski definition) is 1. The van der Waals surface area contributed by atoms with Gasteiger partial charge in [-0.3, -0.25) is 9.59 Å². The Morgan fingerprint density at radius 3 is 2.57 bits per heavy atom. The van der Waals surface area contributed by atoms with Gasteiger partial charge in [-0.15, -0.1) is 0 Å². The number of carbonyl (C=O) groups excluding carboxylic acids is 2. The van der Waals surface area contributed by atoms with Gasteiger partial charge in [0.15, 0.2) is 5.92 Å². The third-order valence-corrected chi connectivity index (χ3v) is 3.56. The normalized spacial score (nSPS) is 16.7. The molecule has 0 saturated carbocycles.